The van der Waals surface area contributed by atoms with Crippen molar-refractivity contribution in [1.29, 1.82) is 0 Å². The van der Waals surface area contributed by atoms with E-state index >= 15 is 0 Å². The number of nitrogens with zero attached hydrogens (tertiary/aromatic N) is 1. The van der Waals surface area contributed by atoms with E-state index in [1.54, 1.807) is 28.8 Å². The molecule has 0 atom stereocenters. The number of benzene rings is 3. The Balaban J connectivity index is 2.02. The summed E-state index contributed by atoms with van der Waals surface area (Å²) in [5.74, 6) is 0.373. The number of fused-ring (bicyclic) bond motifs is 1. The number of halogens is 1. The molecule has 3 aromatic carbocycles. The smallest absolute Gasteiger partial charge is 0.294 e. The molecule has 4 nitrogen and oxygen atoms in total. The van der Waals surface area contributed by atoms with Crippen LogP contribution in [0.5, 0.6) is 11.5 Å². The maximum atomic E-state index is 13.3. The van der Waals surface area contributed by atoms with Gasteiger partial charge >= 0.3 is 0 Å². The van der Waals surface area contributed by atoms with Crippen LogP contribution in [0.2, 0.25) is 5.02 Å². The van der Waals surface area contributed by atoms with Crippen LogP contribution in [-0.4, -0.2) is 16.8 Å². The molecule has 0 amide bonds. The molecule has 0 fully saturated rings. The summed E-state index contributed by atoms with van der Waals surface area (Å²) in [6.07, 6.45) is 0. The van der Waals surface area contributed by atoms with Crippen molar-refractivity contribution in [2.45, 2.75) is 6.54 Å². The summed E-state index contributed by atoms with van der Waals surface area (Å²) in [5.41, 5.74) is 2.86. The number of hydrogen-bond acceptors (Lipinski definition) is 3. The SMILES string of the molecule is COc1c(-c2cccc(O)c2)c2ccccc2n(Cc2cccc(Cl)c2)c1=O. The van der Waals surface area contributed by atoms with Crippen LogP contribution in [0, 0.1) is 0 Å². The molecule has 0 radical (unpaired) electrons. The van der Waals surface area contributed by atoms with Crippen LogP contribution in [0.15, 0.2) is 77.6 Å². The van der Waals surface area contributed by atoms with Crippen molar-refractivity contribution >= 4 is 22.5 Å². The van der Waals surface area contributed by atoms with Gasteiger partial charge in [0.25, 0.3) is 5.56 Å². The van der Waals surface area contributed by atoms with Gasteiger partial charge < -0.3 is 14.4 Å². The molecule has 0 saturated carbocycles. The molecule has 28 heavy (non-hydrogen) atoms. The van der Waals surface area contributed by atoms with Crippen LogP contribution in [0.25, 0.3) is 22.0 Å². The fraction of sp³-hybridized carbons (Fsp3) is 0.0870. The minimum absolute atomic E-state index is 0.131. The standard InChI is InChI=1S/C23H18ClNO3/c1-28-22-21(16-7-5-9-18(26)13-16)19-10-2-3-11-20(19)25(23(22)27)14-15-6-4-8-17(24)12-15/h2-13,26H,14H2,1H3. The lowest BCUT2D eigenvalue weighted by molar-refractivity contribution is 0.407. The summed E-state index contributed by atoms with van der Waals surface area (Å²) < 4.78 is 7.23. The number of methoxy groups -OCH3 is 1. The predicted octanol–water partition coefficient (Wildman–Crippen LogP) is 5.08. The molecule has 0 saturated heterocycles. The van der Waals surface area contributed by atoms with Gasteiger partial charge in [-0.15, -0.1) is 0 Å². The Morgan fingerprint density at radius 1 is 1.00 bits per heavy atom. The average Bonchev–Trinajstić information content (AvgIpc) is 2.69. The number of phenols is 1. The van der Waals surface area contributed by atoms with Crippen molar-refractivity contribution in [3.63, 3.8) is 0 Å². The van der Waals surface area contributed by atoms with Crippen LogP contribution >= 0.6 is 11.6 Å². The van der Waals surface area contributed by atoms with Gasteiger partial charge in [-0.3, -0.25) is 4.79 Å². The molecule has 0 bridgehead atoms. The molecule has 4 aromatic rings. The third-order valence-electron chi connectivity index (χ3n) is 4.70. The van der Waals surface area contributed by atoms with Crippen molar-refractivity contribution in [3.05, 3.63) is 93.7 Å². The second-order valence-electron chi connectivity index (χ2n) is 6.50. The van der Waals surface area contributed by atoms with Gasteiger partial charge in [-0.2, -0.15) is 0 Å². The van der Waals surface area contributed by atoms with E-state index in [0.29, 0.717) is 17.1 Å². The molecule has 1 aromatic heterocycles. The molecule has 1 N–H and O–H groups in total. The predicted molar refractivity (Wildman–Crippen MR) is 112 cm³/mol. The highest BCUT2D eigenvalue weighted by Crippen LogP contribution is 2.36. The zero-order chi connectivity index (χ0) is 19.7. The molecule has 0 aliphatic rings. The number of phenolic OH excluding ortho intramolecular Hbond substituents is 1. The Bertz CT molecular complexity index is 1230. The highest BCUT2D eigenvalue weighted by atomic mass is 35.5. The van der Waals surface area contributed by atoms with E-state index in [-0.39, 0.29) is 17.1 Å². The summed E-state index contributed by atoms with van der Waals surface area (Å²) in [5, 5.41) is 11.4. The fourth-order valence-corrected chi connectivity index (χ4v) is 3.71. The number of para-hydroxylation sites is 1. The first-order valence-corrected chi connectivity index (χ1v) is 9.19. The minimum atomic E-state index is -0.237. The molecule has 0 unspecified atom stereocenters. The second-order valence-corrected chi connectivity index (χ2v) is 6.93. The van der Waals surface area contributed by atoms with Gasteiger partial charge in [0.05, 0.1) is 19.2 Å². The Kier molecular flexibility index (Phi) is 4.80. The van der Waals surface area contributed by atoms with Gasteiger partial charge in [0.1, 0.15) is 5.75 Å². The summed E-state index contributed by atoms with van der Waals surface area (Å²) in [4.78, 5) is 13.3. The van der Waals surface area contributed by atoms with Crippen molar-refractivity contribution in [2.24, 2.45) is 0 Å². The Morgan fingerprint density at radius 2 is 1.79 bits per heavy atom. The molecule has 5 heteroatoms. The van der Waals surface area contributed by atoms with E-state index < -0.39 is 0 Å². The quantitative estimate of drug-likeness (QED) is 0.527. The van der Waals surface area contributed by atoms with Crippen molar-refractivity contribution in [2.75, 3.05) is 7.11 Å². The van der Waals surface area contributed by atoms with Gasteiger partial charge in [-0.1, -0.05) is 54.1 Å². The van der Waals surface area contributed by atoms with E-state index in [0.717, 1.165) is 22.0 Å². The molecule has 140 valence electrons. The summed E-state index contributed by atoms with van der Waals surface area (Å²) in [6, 6.07) is 21.9. The first-order chi connectivity index (χ1) is 13.6. The van der Waals surface area contributed by atoms with Crippen LogP contribution < -0.4 is 10.3 Å². The summed E-state index contributed by atoms with van der Waals surface area (Å²) >= 11 is 6.11. The van der Waals surface area contributed by atoms with Gasteiger partial charge in [0, 0.05) is 16.0 Å². The number of aromatic nitrogens is 1. The summed E-state index contributed by atoms with van der Waals surface area (Å²) in [6.45, 7) is 0.372. The highest BCUT2D eigenvalue weighted by molar-refractivity contribution is 6.30. The lowest BCUT2D eigenvalue weighted by Crippen LogP contribution is -2.23. The molecular weight excluding hydrogens is 374 g/mol. The molecule has 0 aliphatic carbocycles. The zero-order valence-corrected chi connectivity index (χ0v) is 16.0. The molecule has 1 heterocycles. The van der Waals surface area contributed by atoms with Crippen molar-refractivity contribution < 1.29 is 9.84 Å². The topological polar surface area (TPSA) is 51.5 Å². The first-order valence-electron chi connectivity index (χ1n) is 8.82. The van der Waals surface area contributed by atoms with E-state index in [2.05, 4.69) is 0 Å². The first kappa shape index (κ1) is 18.1. The number of hydrogen-bond donors (Lipinski definition) is 1. The van der Waals surface area contributed by atoms with E-state index in [1.165, 1.54) is 7.11 Å². The lowest BCUT2D eigenvalue weighted by Gasteiger charge is -2.17. The van der Waals surface area contributed by atoms with Crippen LogP contribution in [0.3, 0.4) is 0 Å². The number of aromatic hydroxyl groups is 1. The monoisotopic (exact) mass is 391 g/mol. The molecule has 0 spiro atoms. The third-order valence-corrected chi connectivity index (χ3v) is 4.93. The molecular formula is C23H18ClNO3. The largest absolute Gasteiger partial charge is 0.508 e. The van der Waals surface area contributed by atoms with Crippen LogP contribution in [0.1, 0.15) is 5.56 Å². The van der Waals surface area contributed by atoms with E-state index in [1.807, 2.05) is 48.5 Å². The summed E-state index contributed by atoms with van der Waals surface area (Å²) in [7, 11) is 1.49. The Labute approximate surface area is 167 Å². The lowest BCUT2D eigenvalue weighted by atomic mass is 9.99. The average molecular weight is 392 g/mol. The Morgan fingerprint density at radius 3 is 2.54 bits per heavy atom. The number of ether oxygens (including phenoxy) is 1. The van der Waals surface area contributed by atoms with Crippen LogP contribution in [-0.2, 0) is 6.54 Å². The van der Waals surface area contributed by atoms with Gasteiger partial charge in [0.15, 0.2) is 5.75 Å². The van der Waals surface area contributed by atoms with Gasteiger partial charge in [-0.25, -0.2) is 0 Å². The van der Waals surface area contributed by atoms with E-state index in [4.69, 9.17) is 16.3 Å². The Hall–Kier alpha value is -3.24. The maximum Gasteiger partial charge on any atom is 0.294 e. The molecule has 4 rings (SSSR count). The second kappa shape index (κ2) is 7.41. The fourth-order valence-electron chi connectivity index (χ4n) is 3.49. The maximum absolute atomic E-state index is 13.3. The van der Waals surface area contributed by atoms with Gasteiger partial charge in [-0.05, 0) is 41.5 Å². The number of pyridine rings is 1. The van der Waals surface area contributed by atoms with Crippen molar-refractivity contribution in [3.8, 4) is 22.6 Å². The minimum Gasteiger partial charge on any atom is -0.508 e. The number of rotatable bonds is 4. The van der Waals surface area contributed by atoms with E-state index in [9.17, 15) is 9.90 Å². The normalized spacial score (nSPS) is 10.9. The third kappa shape index (κ3) is 3.23. The zero-order valence-electron chi connectivity index (χ0n) is 15.2. The molecule has 0 aliphatic heterocycles. The van der Waals surface area contributed by atoms with Crippen molar-refractivity contribution in [1.82, 2.24) is 4.57 Å². The van der Waals surface area contributed by atoms with Crippen LogP contribution in [0.4, 0.5) is 0 Å². The highest BCUT2D eigenvalue weighted by Gasteiger charge is 2.19. The van der Waals surface area contributed by atoms with Gasteiger partial charge in [0.2, 0.25) is 0 Å².